The molecule has 7 atom stereocenters. The third-order valence-electron chi connectivity index (χ3n) is 8.32. The summed E-state index contributed by atoms with van der Waals surface area (Å²) in [5.41, 5.74) is -2.17. The maximum atomic E-state index is 13.4. The molecule has 0 unspecified atom stereocenters. The number of aldehydes is 1. The van der Waals surface area contributed by atoms with E-state index in [1.807, 2.05) is 19.9 Å². The van der Waals surface area contributed by atoms with Gasteiger partial charge in [-0.1, -0.05) is 32.4 Å². The summed E-state index contributed by atoms with van der Waals surface area (Å²) < 4.78 is 0. The highest BCUT2D eigenvalue weighted by atomic mass is 16.3. The van der Waals surface area contributed by atoms with Crippen molar-refractivity contribution in [1.29, 1.82) is 0 Å². The van der Waals surface area contributed by atoms with E-state index in [4.69, 9.17) is 0 Å². The van der Waals surface area contributed by atoms with E-state index in [2.05, 4.69) is 0 Å². The Morgan fingerprint density at radius 2 is 2.00 bits per heavy atom. The molecule has 0 aromatic heterocycles. The van der Waals surface area contributed by atoms with Gasteiger partial charge in [0.05, 0.1) is 0 Å². The first-order valence-corrected chi connectivity index (χ1v) is 9.78. The molecule has 0 radical (unpaired) electrons. The minimum atomic E-state index is -1.78. The summed E-state index contributed by atoms with van der Waals surface area (Å²) in [5, 5.41) is 11.3. The Kier molecular flexibility index (Phi) is 3.81. The molecule has 0 saturated heterocycles. The van der Waals surface area contributed by atoms with Crippen molar-refractivity contribution >= 4 is 23.6 Å². The number of aliphatic hydroxyl groups is 1. The van der Waals surface area contributed by atoms with Crippen LogP contribution in [0.3, 0.4) is 0 Å². The smallest absolute Gasteiger partial charge is 0.227 e. The molecular formula is C22H26O5. The van der Waals surface area contributed by atoms with E-state index in [-0.39, 0.29) is 47.9 Å². The standard InChI is InChI=1S/C22H26O5/c1-12-8-16-15-5-4-13-9-14(24)6-7-20(13,2)19(15)17(25)10-21(16,3)22(12,27)18(26)11-23/h6-7,9,11-12,15-16,19,27H,4-5,8,10H2,1-3H3/t12-,15+,16+,19-,20+,21+,22+/m1/s1. The fourth-order valence-electron chi connectivity index (χ4n) is 6.98. The highest BCUT2D eigenvalue weighted by Crippen LogP contribution is 2.67. The summed E-state index contributed by atoms with van der Waals surface area (Å²) in [7, 11) is 0. The molecule has 0 aromatic rings. The minimum Gasteiger partial charge on any atom is -0.381 e. The fraction of sp³-hybridized carbons (Fsp3) is 0.636. The van der Waals surface area contributed by atoms with Gasteiger partial charge in [-0.2, -0.15) is 0 Å². The molecule has 1 N–H and O–H groups in total. The quantitative estimate of drug-likeness (QED) is 0.595. The Bertz CT molecular complexity index is 823. The van der Waals surface area contributed by atoms with Crippen LogP contribution < -0.4 is 0 Å². The number of rotatable bonds is 2. The van der Waals surface area contributed by atoms with E-state index < -0.39 is 22.2 Å². The predicted molar refractivity (Wildman–Crippen MR) is 97.6 cm³/mol. The monoisotopic (exact) mass is 370 g/mol. The van der Waals surface area contributed by atoms with E-state index in [0.29, 0.717) is 6.42 Å². The van der Waals surface area contributed by atoms with Crippen molar-refractivity contribution in [3.63, 3.8) is 0 Å². The molecule has 0 spiro atoms. The van der Waals surface area contributed by atoms with Gasteiger partial charge in [0.25, 0.3) is 0 Å². The highest BCUT2D eigenvalue weighted by molar-refractivity contribution is 6.29. The van der Waals surface area contributed by atoms with E-state index >= 15 is 0 Å². The van der Waals surface area contributed by atoms with Crippen LogP contribution in [-0.2, 0) is 19.2 Å². The van der Waals surface area contributed by atoms with Crippen molar-refractivity contribution in [2.45, 2.75) is 52.1 Å². The van der Waals surface area contributed by atoms with Gasteiger partial charge in [-0.25, -0.2) is 0 Å². The van der Waals surface area contributed by atoms with Crippen LogP contribution in [0, 0.1) is 34.5 Å². The van der Waals surface area contributed by atoms with Crippen LogP contribution in [0.25, 0.3) is 0 Å². The van der Waals surface area contributed by atoms with E-state index in [0.717, 1.165) is 18.4 Å². The maximum Gasteiger partial charge on any atom is 0.227 e. The Hall–Kier alpha value is -1.88. The molecule has 0 heterocycles. The molecule has 4 aliphatic carbocycles. The van der Waals surface area contributed by atoms with Gasteiger partial charge in [0.15, 0.2) is 12.1 Å². The first-order valence-electron chi connectivity index (χ1n) is 9.78. The zero-order valence-electron chi connectivity index (χ0n) is 16.0. The van der Waals surface area contributed by atoms with Gasteiger partial charge in [-0.3, -0.25) is 19.2 Å². The molecule has 0 bridgehead atoms. The second kappa shape index (κ2) is 5.57. The van der Waals surface area contributed by atoms with Gasteiger partial charge in [-0.15, -0.1) is 0 Å². The highest BCUT2D eigenvalue weighted by Gasteiger charge is 2.70. The molecule has 0 aliphatic heterocycles. The Morgan fingerprint density at radius 3 is 2.67 bits per heavy atom. The van der Waals surface area contributed by atoms with Crippen molar-refractivity contribution < 1.29 is 24.3 Å². The van der Waals surface area contributed by atoms with E-state index in [1.165, 1.54) is 0 Å². The number of hydrogen-bond acceptors (Lipinski definition) is 5. The largest absolute Gasteiger partial charge is 0.381 e. The second-order valence-electron chi connectivity index (χ2n) is 9.42. The first-order chi connectivity index (χ1) is 12.6. The lowest BCUT2D eigenvalue weighted by Crippen LogP contribution is -2.61. The van der Waals surface area contributed by atoms with Gasteiger partial charge in [-0.05, 0) is 49.2 Å². The summed E-state index contributed by atoms with van der Waals surface area (Å²) >= 11 is 0. The molecule has 4 aliphatic rings. The normalized spacial score (nSPS) is 48.4. The Balaban J connectivity index is 1.80. The third-order valence-corrected chi connectivity index (χ3v) is 8.32. The van der Waals surface area contributed by atoms with Crippen LogP contribution in [0.15, 0.2) is 23.8 Å². The van der Waals surface area contributed by atoms with E-state index in [9.17, 15) is 24.3 Å². The number of hydrogen-bond donors (Lipinski definition) is 1. The topological polar surface area (TPSA) is 88.5 Å². The number of carbonyl (C=O) groups is 4. The summed E-state index contributed by atoms with van der Waals surface area (Å²) in [5.74, 6) is -1.41. The van der Waals surface area contributed by atoms with Crippen LogP contribution in [0.1, 0.15) is 46.5 Å². The average Bonchev–Trinajstić information content (AvgIpc) is 2.82. The van der Waals surface area contributed by atoms with Crippen LogP contribution in [0.2, 0.25) is 0 Å². The van der Waals surface area contributed by atoms with Gasteiger partial charge in [0.1, 0.15) is 11.4 Å². The SMILES string of the molecule is C[C@@H]1C[C@H]2[C@@H]3CCC4=CC(=O)C=C[C@]4(C)[C@H]3C(=O)C[C@]2(C)[C@@]1(O)C(=O)C=O. The maximum absolute atomic E-state index is 13.4. The van der Waals surface area contributed by atoms with Crippen molar-refractivity contribution in [1.82, 2.24) is 0 Å². The lowest BCUT2D eigenvalue weighted by atomic mass is 9.46. The molecule has 0 aromatic carbocycles. The predicted octanol–water partition coefficient (Wildman–Crippen LogP) is 2.22. The summed E-state index contributed by atoms with van der Waals surface area (Å²) in [6.45, 7) is 5.64. The fourth-order valence-corrected chi connectivity index (χ4v) is 6.98. The van der Waals surface area contributed by atoms with Crippen LogP contribution in [0.5, 0.6) is 0 Å². The molecule has 0 amide bonds. The molecule has 27 heavy (non-hydrogen) atoms. The summed E-state index contributed by atoms with van der Waals surface area (Å²) in [6.07, 6.45) is 7.52. The minimum absolute atomic E-state index is 0.00602. The van der Waals surface area contributed by atoms with Crippen molar-refractivity contribution in [2.24, 2.45) is 34.5 Å². The van der Waals surface area contributed by atoms with E-state index in [1.54, 1.807) is 19.1 Å². The van der Waals surface area contributed by atoms with Crippen LogP contribution in [0.4, 0.5) is 0 Å². The molecule has 3 fully saturated rings. The van der Waals surface area contributed by atoms with Crippen LogP contribution >= 0.6 is 0 Å². The van der Waals surface area contributed by atoms with Crippen molar-refractivity contribution in [2.75, 3.05) is 0 Å². The van der Waals surface area contributed by atoms with Gasteiger partial charge in [0, 0.05) is 23.2 Å². The number of ketones is 3. The molecule has 5 nitrogen and oxygen atoms in total. The lowest BCUT2D eigenvalue weighted by molar-refractivity contribution is -0.171. The van der Waals surface area contributed by atoms with Gasteiger partial charge >= 0.3 is 0 Å². The third kappa shape index (κ3) is 2.09. The van der Waals surface area contributed by atoms with Crippen molar-refractivity contribution in [3.8, 4) is 0 Å². The lowest BCUT2D eigenvalue weighted by Gasteiger charge is -2.56. The van der Waals surface area contributed by atoms with Crippen molar-refractivity contribution in [3.05, 3.63) is 23.8 Å². The number of carbonyl (C=O) groups excluding carboxylic acids is 4. The van der Waals surface area contributed by atoms with Gasteiger partial charge < -0.3 is 5.11 Å². The molecule has 5 heteroatoms. The number of fused-ring (bicyclic) bond motifs is 5. The molecular weight excluding hydrogens is 344 g/mol. The zero-order chi connectivity index (χ0) is 19.8. The first kappa shape index (κ1) is 18.5. The average molecular weight is 370 g/mol. The zero-order valence-corrected chi connectivity index (χ0v) is 16.0. The molecule has 4 rings (SSSR count). The Morgan fingerprint density at radius 1 is 1.30 bits per heavy atom. The van der Waals surface area contributed by atoms with Gasteiger partial charge in [0.2, 0.25) is 5.78 Å². The Labute approximate surface area is 158 Å². The summed E-state index contributed by atoms with van der Waals surface area (Å²) in [6, 6.07) is 0. The summed E-state index contributed by atoms with van der Waals surface area (Å²) in [4.78, 5) is 48.8. The molecule has 144 valence electrons. The number of Topliss-reactive ketones (excluding diaryl/α,β-unsaturated/α-hetero) is 2. The molecule has 3 saturated carbocycles. The number of allylic oxidation sites excluding steroid dienone is 4. The second-order valence-corrected chi connectivity index (χ2v) is 9.42. The van der Waals surface area contributed by atoms with Crippen LogP contribution in [-0.4, -0.2) is 34.3 Å².